The van der Waals surface area contributed by atoms with Crippen LogP contribution in [0.4, 0.5) is 0 Å². The van der Waals surface area contributed by atoms with E-state index < -0.39 is 11.2 Å². The molecule has 0 aliphatic carbocycles. The molecule has 1 saturated heterocycles. The van der Waals surface area contributed by atoms with Gasteiger partial charge in [-0.3, -0.25) is 0 Å². The van der Waals surface area contributed by atoms with E-state index in [1.165, 1.54) is 0 Å². The minimum Gasteiger partial charge on any atom is -0.378 e. The molecule has 1 rings (SSSR count). The van der Waals surface area contributed by atoms with Gasteiger partial charge in [0, 0.05) is 5.25 Å². The minimum atomic E-state index is -0.836. The summed E-state index contributed by atoms with van der Waals surface area (Å²) < 4.78 is 10.2. The summed E-state index contributed by atoms with van der Waals surface area (Å²) in [5.74, 6) is 0. The summed E-state index contributed by atoms with van der Waals surface area (Å²) in [7, 11) is 0. The molecule has 0 aromatic heterocycles. The van der Waals surface area contributed by atoms with Crippen LogP contribution in [0.2, 0.25) is 0 Å². The average molecular weight is 209 g/mol. The molecule has 76 valence electrons. The van der Waals surface area contributed by atoms with Gasteiger partial charge in [0.25, 0.3) is 5.09 Å². The summed E-state index contributed by atoms with van der Waals surface area (Å²) in [6.45, 7) is 1.16. The summed E-state index contributed by atoms with van der Waals surface area (Å²) >= 11 is 4.15. The van der Waals surface area contributed by atoms with Gasteiger partial charge in [0.15, 0.2) is 6.10 Å². The maximum Gasteiger partial charge on any atom is 0.294 e. The van der Waals surface area contributed by atoms with Crippen molar-refractivity contribution in [2.24, 2.45) is 0 Å². The van der Waals surface area contributed by atoms with E-state index in [4.69, 9.17) is 9.47 Å². The summed E-state index contributed by atoms with van der Waals surface area (Å²) in [5, 5.41) is 9.18. The Hall–Kier alpha value is -0.530. The fourth-order valence-electron chi connectivity index (χ4n) is 0.950. The lowest BCUT2D eigenvalue weighted by atomic mass is 10.4. The second-order valence-electron chi connectivity index (χ2n) is 2.68. The fraction of sp³-hybridized carbons (Fsp3) is 1.00. The largest absolute Gasteiger partial charge is 0.378 e. The summed E-state index contributed by atoms with van der Waals surface area (Å²) in [6.07, 6.45) is -0.629. The summed E-state index contributed by atoms with van der Waals surface area (Å²) in [5.41, 5.74) is 0. The smallest absolute Gasteiger partial charge is 0.294 e. The van der Waals surface area contributed by atoms with Crippen LogP contribution in [0.5, 0.6) is 0 Å². The molecular weight excluding hydrogens is 198 g/mol. The number of rotatable bonds is 2. The van der Waals surface area contributed by atoms with Crippen molar-refractivity contribution in [1.29, 1.82) is 0 Å². The van der Waals surface area contributed by atoms with Gasteiger partial charge in [-0.1, -0.05) is 0 Å². The highest BCUT2D eigenvalue weighted by atomic mass is 32.1. The Morgan fingerprint density at radius 2 is 1.85 bits per heavy atom. The zero-order valence-electron chi connectivity index (χ0n) is 6.92. The quantitative estimate of drug-likeness (QED) is 0.391. The van der Waals surface area contributed by atoms with Crippen molar-refractivity contribution >= 4 is 12.6 Å². The molecule has 0 aromatic rings. The molecule has 0 atom stereocenters. The highest BCUT2D eigenvalue weighted by Gasteiger charge is 2.18. The second kappa shape index (κ2) is 5.25. The molecule has 1 fully saturated rings. The topological polar surface area (TPSA) is 70.8 Å². The fourth-order valence-corrected chi connectivity index (χ4v) is 1.16. The van der Waals surface area contributed by atoms with Crippen molar-refractivity contribution in [3.8, 4) is 0 Å². The van der Waals surface area contributed by atoms with E-state index in [2.05, 4.69) is 17.5 Å². The summed E-state index contributed by atoms with van der Waals surface area (Å²) in [6, 6.07) is 0. The van der Waals surface area contributed by atoms with Crippen molar-refractivity contribution in [3.63, 3.8) is 0 Å². The van der Waals surface area contributed by atoms with E-state index in [1.54, 1.807) is 0 Å². The number of hydrogen-bond donors (Lipinski definition) is 1. The number of thiol groups is 1. The zero-order chi connectivity index (χ0) is 9.68. The predicted molar refractivity (Wildman–Crippen MR) is 46.3 cm³/mol. The Kier molecular flexibility index (Phi) is 4.26. The maximum absolute atomic E-state index is 9.99. The lowest BCUT2D eigenvalue weighted by Gasteiger charge is -2.21. The van der Waals surface area contributed by atoms with Gasteiger partial charge in [-0.25, -0.2) is 0 Å². The van der Waals surface area contributed by atoms with Gasteiger partial charge in [-0.15, -0.1) is 10.1 Å². The second-order valence-corrected chi connectivity index (χ2v) is 3.41. The molecule has 6 nitrogen and oxygen atoms in total. The zero-order valence-corrected chi connectivity index (χ0v) is 7.81. The van der Waals surface area contributed by atoms with Crippen LogP contribution in [-0.4, -0.2) is 42.9 Å². The van der Waals surface area contributed by atoms with Gasteiger partial charge >= 0.3 is 0 Å². The summed E-state index contributed by atoms with van der Waals surface area (Å²) in [4.78, 5) is 14.3. The van der Waals surface area contributed by atoms with Crippen LogP contribution in [0.15, 0.2) is 0 Å². The first-order valence-corrected chi connectivity index (χ1v) is 4.35. The van der Waals surface area contributed by atoms with Crippen LogP contribution in [0.1, 0.15) is 0 Å². The van der Waals surface area contributed by atoms with Crippen LogP contribution in [-0.2, 0) is 14.3 Å². The van der Waals surface area contributed by atoms with E-state index in [-0.39, 0.29) is 18.5 Å². The monoisotopic (exact) mass is 209 g/mol. The van der Waals surface area contributed by atoms with Crippen LogP contribution >= 0.6 is 12.6 Å². The highest BCUT2D eigenvalue weighted by Crippen LogP contribution is 2.05. The van der Waals surface area contributed by atoms with Gasteiger partial charge in [0.05, 0.1) is 26.4 Å². The van der Waals surface area contributed by atoms with Gasteiger partial charge in [-0.2, -0.15) is 12.6 Å². The Morgan fingerprint density at radius 3 is 2.31 bits per heavy atom. The Morgan fingerprint density at radius 1 is 1.31 bits per heavy atom. The first-order valence-electron chi connectivity index (χ1n) is 3.83. The molecule has 0 radical (unpaired) electrons. The molecule has 0 unspecified atom stereocenters. The third-order valence-corrected chi connectivity index (χ3v) is 1.76. The predicted octanol–water partition coefficient (Wildman–Crippen LogP) is -0.0915. The maximum atomic E-state index is 9.99. The van der Waals surface area contributed by atoms with Crippen LogP contribution < -0.4 is 0 Å². The molecule has 0 N–H and O–H groups in total. The molecule has 0 spiro atoms. The molecule has 13 heavy (non-hydrogen) atoms. The molecule has 7 heteroatoms. The van der Waals surface area contributed by atoms with Crippen LogP contribution in [0.25, 0.3) is 0 Å². The van der Waals surface area contributed by atoms with E-state index >= 15 is 0 Å². The third-order valence-electron chi connectivity index (χ3n) is 1.46. The molecule has 0 saturated carbocycles. The Balaban J connectivity index is 2.28. The number of ether oxygens (including phenoxy) is 2. The van der Waals surface area contributed by atoms with Crippen molar-refractivity contribution < 1.29 is 19.4 Å². The average Bonchev–Trinajstić information content (AvgIpc) is 1.99. The van der Waals surface area contributed by atoms with Gasteiger partial charge in [-0.05, 0) is 0 Å². The van der Waals surface area contributed by atoms with Crippen molar-refractivity contribution in [2.75, 3.05) is 26.4 Å². The Labute approximate surface area is 80.7 Å². The van der Waals surface area contributed by atoms with Crippen molar-refractivity contribution in [1.82, 2.24) is 0 Å². The first kappa shape index (κ1) is 10.6. The lowest BCUT2D eigenvalue weighted by Crippen LogP contribution is -2.33. The van der Waals surface area contributed by atoms with Gasteiger partial charge < -0.3 is 14.3 Å². The lowest BCUT2D eigenvalue weighted by molar-refractivity contribution is -0.769. The molecule has 1 aliphatic rings. The van der Waals surface area contributed by atoms with Crippen LogP contribution in [0.3, 0.4) is 0 Å². The minimum absolute atomic E-state index is 0.0246. The SMILES string of the molecule is O=[N+]([O-])OC1COCC(S)COC1. The van der Waals surface area contributed by atoms with Gasteiger partial charge in [0.1, 0.15) is 0 Å². The molecule has 0 bridgehead atoms. The third kappa shape index (κ3) is 4.30. The molecule has 0 amide bonds. The molecule has 1 heterocycles. The molecular formula is C6H11NO5S. The van der Waals surface area contributed by atoms with E-state index in [1.807, 2.05) is 0 Å². The standard InChI is InChI=1S/C6H11NO5S/c8-7(9)12-5-1-10-3-6(13)4-11-2-5/h5-6,13H,1-4H2. The van der Waals surface area contributed by atoms with Crippen LogP contribution in [0, 0.1) is 10.1 Å². The van der Waals surface area contributed by atoms with E-state index in [0.717, 1.165) is 0 Å². The normalized spacial score (nSPS) is 30.2. The molecule has 1 aliphatic heterocycles. The van der Waals surface area contributed by atoms with E-state index in [9.17, 15) is 10.1 Å². The first-order chi connectivity index (χ1) is 6.18. The van der Waals surface area contributed by atoms with Crippen molar-refractivity contribution in [2.45, 2.75) is 11.4 Å². The highest BCUT2D eigenvalue weighted by molar-refractivity contribution is 7.81. The number of hydrogen-bond acceptors (Lipinski definition) is 6. The number of nitrogens with zero attached hydrogens (tertiary/aromatic N) is 1. The van der Waals surface area contributed by atoms with Crippen molar-refractivity contribution in [3.05, 3.63) is 10.1 Å². The van der Waals surface area contributed by atoms with Gasteiger partial charge in [0.2, 0.25) is 0 Å². The Bertz CT molecular complexity index is 168. The molecule has 0 aromatic carbocycles. The van der Waals surface area contributed by atoms with E-state index in [0.29, 0.717) is 13.2 Å².